The zero-order valence-corrected chi connectivity index (χ0v) is 29.9. The lowest BCUT2D eigenvalue weighted by Gasteiger charge is -2.32. The van der Waals surface area contributed by atoms with Crippen LogP contribution in [0.15, 0.2) is 49.1 Å². The third-order valence-corrected chi connectivity index (χ3v) is 11.0. The van der Waals surface area contributed by atoms with Crippen LogP contribution in [0.3, 0.4) is 0 Å². The first-order valence-electron chi connectivity index (χ1n) is 17.1. The number of pyridine rings is 2. The Hall–Kier alpha value is -4.82. The molecule has 260 valence electrons. The molecule has 2 atom stereocenters. The van der Waals surface area contributed by atoms with E-state index in [1.165, 1.54) is 0 Å². The van der Waals surface area contributed by atoms with Crippen LogP contribution < -0.4 is 9.64 Å². The van der Waals surface area contributed by atoms with Crippen LogP contribution in [0.1, 0.15) is 61.9 Å². The van der Waals surface area contributed by atoms with Crippen molar-refractivity contribution in [2.75, 3.05) is 37.6 Å². The summed E-state index contributed by atoms with van der Waals surface area (Å²) < 4.78 is 7.32. The number of likely N-dealkylation sites (tertiary alicyclic amines) is 1. The molecule has 2 fully saturated rings. The van der Waals surface area contributed by atoms with Gasteiger partial charge in [-0.2, -0.15) is 5.10 Å². The Morgan fingerprint density at radius 1 is 1.04 bits per heavy atom. The predicted molar refractivity (Wildman–Crippen MR) is 191 cm³/mol. The highest BCUT2D eigenvalue weighted by atomic mass is 32.1. The second kappa shape index (κ2) is 13.5. The Balaban J connectivity index is 0.979. The predicted octanol–water partition coefficient (Wildman–Crippen LogP) is 4.37. The number of nitrogens with one attached hydrogen (secondary N) is 1. The molecule has 7 rings (SSSR count). The van der Waals surface area contributed by atoms with E-state index in [2.05, 4.69) is 31.0 Å². The number of nitrogens with zero attached hydrogens (tertiary/aromatic N) is 9. The monoisotopic (exact) mass is 694 g/mol. The highest BCUT2D eigenvalue weighted by molar-refractivity contribution is 7.16. The zero-order chi connectivity index (χ0) is 35.2. The number of anilines is 1. The quantitative estimate of drug-likeness (QED) is 0.252. The summed E-state index contributed by atoms with van der Waals surface area (Å²) >= 11 is 1.57. The molecule has 1 spiro atoms. The van der Waals surface area contributed by atoms with E-state index < -0.39 is 5.41 Å². The molecule has 4 aromatic rings. The van der Waals surface area contributed by atoms with Gasteiger partial charge in [-0.1, -0.05) is 12.1 Å². The normalized spacial score (nSPS) is 20.2. The molecule has 0 aromatic carbocycles. The highest BCUT2D eigenvalue weighted by Gasteiger charge is 2.52. The van der Waals surface area contributed by atoms with Crippen molar-refractivity contribution in [3.8, 4) is 16.6 Å². The summed E-state index contributed by atoms with van der Waals surface area (Å²) in [5.74, 6) is 1.84. The Bertz CT molecular complexity index is 1970. The molecule has 1 N–H and O–H groups in total. The molecule has 13 nitrogen and oxygen atoms in total. The van der Waals surface area contributed by atoms with Gasteiger partial charge in [0.15, 0.2) is 5.82 Å². The largest absolute Gasteiger partial charge is 0.475 e. The van der Waals surface area contributed by atoms with Crippen LogP contribution in [0.5, 0.6) is 5.88 Å². The van der Waals surface area contributed by atoms with Crippen molar-refractivity contribution in [3.05, 3.63) is 70.9 Å². The average Bonchev–Trinajstić information content (AvgIpc) is 3.93. The number of ether oxygens (including phenoxy) is 1. The average molecular weight is 695 g/mol. The lowest BCUT2D eigenvalue weighted by Crippen LogP contribution is -2.48. The molecule has 0 radical (unpaired) electrons. The van der Waals surface area contributed by atoms with E-state index in [0.29, 0.717) is 74.3 Å². The highest BCUT2D eigenvalue weighted by Crippen LogP contribution is 2.43. The van der Waals surface area contributed by atoms with Gasteiger partial charge in [-0.3, -0.25) is 29.5 Å². The van der Waals surface area contributed by atoms with Crippen molar-refractivity contribution in [2.24, 2.45) is 12.5 Å². The van der Waals surface area contributed by atoms with Crippen molar-refractivity contribution in [1.29, 1.82) is 5.41 Å². The summed E-state index contributed by atoms with van der Waals surface area (Å²) in [6.45, 7) is 10.7. The number of hydrogen-bond donors (Lipinski definition) is 1. The molecular formula is C36H42N10O3S. The maximum Gasteiger partial charge on any atom is 0.239 e. The van der Waals surface area contributed by atoms with Gasteiger partial charge in [-0.15, -0.1) is 11.3 Å². The van der Waals surface area contributed by atoms with Gasteiger partial charge in [0.25, 0.3) is 0 Å². The fourth-order valence-electron chi connectivity index (χ4n) is 7.01. The second-order valence-electron chi connectivity index (χ2n) is 13.7. The minimum atomic E-state index is -0.551. The topological polar surface area (TPSA) is 146 Å². The van der Waals surface area contributed by atoms with E-state index in [0.717, 1.165) is 27.4 Å². The minimum Gasteiger partial charge on any atom is -0.475 e. The van der Waals surface area contributed by atoms with E-state index in [1.54, 1.807) is 39.5 Å². The number of hydrogen-bond acceptors (Lipinski definition) is 11. The molecule has 2 amide bonds. The maximum absolute atomic E-state index is 14.1. The Morgan fingerprint density at radius 2 is 1.86 bits per heavy atom. The third kappa shape index (κ3) is 6.44. The minimum absolute atomic E-state index is 0.00686. The van der Waals surface area contributed by atoms with Gasteiger partial charge in [0, 0.05) is 63.8 Å². The van der Waals surface area contributed by atoms with Gasteiger partial charge in [-0.25, -0.2) is 19.9 Å². The summed E-state index contributed by atoms with van der Waals surface area (Å²) in [5.41, 5.74) is 2.82. The van der Waals surface area contributed by atoms with Gasteiger partial charge < -0.3 is 9.64 Å². The lowest BCUT2D eigenvalue weighted by molar-refractivity contribution is -0.136. The first-order chi connectivity index (χ1) is 24.0. The Labute approximate surface area is 295 Å². The van der Waals surface area contributed by atoms with Gasteiger partial charge >= 0.3 is 0 Å². The Morgan fingerprint density at radius 3 is 2.56 bits per heavy atom. The number of aryl methyl sites for hydroxylation is 2. The van der Waals surface area contributed by atoms with E-state index in [1.807, 2.05) is 64.0 Å². The fourth-order valence-corrected chi connectivity index (χ4v) is 7.93. The lowest BCUT2D eigenvalue weighted by atomic mass is 9.85. The molecule has 1 unspecified atom stereocenters. The van der Waals surface area contributed by atoms with Crippen LogP contribution in [0, 0.1) is 17.7 Å². The smallest absolute Gasteiger partial charge is 0.239 e. The van der Waals surface area contributed by atoms with Crippen LogP contribution in [-0.2, 0) is 16.6 Å². The van der Waals surface area contributed by atoms with Gasteiger partial charge in [0.2, 0.25) is 17.7 Å². The number of thiazole rings is 1. The Kier molecular flexibility index (Phi) is 9.07. The first kappa shape index (κ1) is 33.7. The number of aromatic nitrogens is 6. The number of amides is 2. The van der Waals surface area contributed by atoms with E-state index in [-0.39, 0.29) is 29.7 Å². The van der Waals surface area contributed by atoms with Crippen LogP contribution in [-0.4, -0.2) is 102 Å². The molecule has 0 aliphatic carbocycles. The number of carbonyl (C=O) groups is 2. The number of carbonyl (C=O) groups excluding carboxylic acids is 2. The second-order valence-corrected chi connectivity index (χ2v) is 14.7. The molecule has 4 aromatic heterocycles. The molecule has 3 aliphatic heterocycles. The molecule has 2 saturated heterocycles. The summed E-state index contributed by atoms with van der Waals surface area (Å²) in [4.78, 5) is 52.6. The van der Waals surface area contributed by atoms with E-state index in [9.17, 15) is 9.59 Å². The molecule has 50 heavy (non-hydrogen) atoms. The molecular weight excluding hydrogens is 653 g/mol. The third-order valence-electron chi connectivity index (χ3n) is 9.90. The van der Waals surface area contributed by atoms with Crippen LogP contribution in [0.4, 0.5) is 5.82 Å². The molecule has 14 heteroatoms. The standard InChI is InChI=1S/C36H42N10O3S/c1-22(2)49-29-9-7-26(18-38-29)30(37)31-23(3)6-8-28(41-31)46-17-13-36(35(46)48)12-16-45(20-36)24(4)34(47)44-14-10-25(11-15-44)33-39-19-27(50-33)32-40-21-43(5)42-32/h6-10,18-19,21-22,24,37H,11-17,20H2,1-5H3/t24?,36-/m0/s1. The molecule has 0 saturated carbocycles. The van der Waals surface area contributed by atoms with Crippen molar-refractivity contribution in [2.45, 2.75) is 59.1 Å². The first-order valence-corrected chi connectivity index (χ1v) is 17.9. The fraction of sp³-hybridized carbons (Fsp3) is 0.444. The van der Waals surface area contributed by atoms with Crippen molar-refractivity contribution >= 4 is 40.3 Å². The maximum atomic E-state index is 14.1. The molecule has 0 bridgehead atoms. The SMILES string of the molecule is Cc1ccc(N2CC[C@]3(CCN(C(C)C(=O)N4CC=C(c5ncc(-c6ncn(C)n6)s5)CC4)C3)C2=O)nc1C(=N)c1ccc(OC(C)C)nc1. The van der Waals surface area contributed by atoms with Crippen molar-refractivity contribution in [1.82, 2.24) is 39.5 Å². The van der Waals surface area contributed by atoms with Crippen LogP contribution in [0.25, 0.3) is 16.3 Å². The number of rotatable bonds is 9. The summed E-state index contributed by atoms with van der Waals surface area (Å²) in [7, 11) is 1.84. The van der Waals surface area contributed by atoms with E-state index >= 15 is 0 Å². The summed E-state index contributed by atoms with van der Waals surface area (Å²) in [6.07, 6.45) is 9.35. The molecule has 3 aliphatic rings. The van der Waals surface area contributed by atoms with E-state index in [4.69, 9.17) is 15.1 Å². The van der Waals surface area contributed by atoms with Crippen molar-refractivity contribution < 1.29 is 14.3 Å². The van der Waals surface area contributed by atoms with Crippen LogP contribution >= 0.6 is 11.3 Å². The van der Waals surface area contributed by atoms with Gasteiger partial charge in [0.1, 0.15) is 17.2 Å². The van der Waals surface area contributed by atoms with Gasteiger partial charge in [0.05, 0.1) is 33.8 Å². The van der Waals surface area contributed by atoms with Crippen LogP contribution in [0.2, 0.25) is 0 Å². The van der Waals surface area contributed by atoms with Gasteiger partial charge in [-0.05, 0) is 70.2 Å². The zero-order valence-electron chi connectivity index (χ0n) is 29.1. The van der Waals surface area contributed by atoms with Crippen molar-refractivity contribution in [3.63, 3.8) is 0 Å². The summed E-state index contributed by atoms with van der Waals surface area (Å²) in [6, 6.07) is 7.01. The molecule has 7 heterocycles. The summed E-state index contributed by atoms with van der Waals surface area (Å²) in [5, 5.41) is 14.2.